The van der Waals surface area contributed by atoms with Gasteiger partial charge in [0.05, 0.1) is 17.2 Å². The van der Waals surface area contributed by atoms with Crippen LogP contribution < -0.4 is 4.74 Å². The summed E-state index contributed by atoms with van der Waals surface area (Å²) in [7, 11) is 0. The first-order valence-corrected chi connectivity index (χ1v) is 14.4. The minimum Gasteiger partial charge on any atom is -0.494 e. The molecule has 0 atom stereocenters. The molecule has 212 valence electrons. The van der Waals surface area contributed by atoms with Crippen molar-refractivity contribution in [2.45, 2.75) is 37.8 Å². The summed E-state index contributed by atoms with van der Waals surface area (Å²) in [4.78, 5) is 32.5. The van der Waals surface area contributed by atoms with Crippen LogP contribution in [-0.2, 0) is 6.18 Å². The van der Waals surface area contributed by atoms with Crippen LogP contribution in [0, 0.1) is 0 Å². The Morgan fingerprint density at radius 1 is 0.927 bits per heavy atom. The van der Waals surface area contributed by atoms with Crippen molar-refractivity contribution in [3.05, 3.63) is 106 Å². The Labute approximate surface area is 240 Å². The molecule has 0 unspecified atom stereocenters. The lowest BCUT2D eigenvalue weighted by Crippen LogP contribution is -2.38. The molecule has 0 bridgehead atoms. The number of hydrogen-bond donors (Lipinski definition) is 0. The van der Waals surface area contributed by atoms with E-state index in [-0.39, 0.29) is 17.6 Å². The van der Waals surface area contributed by atoms with Crippen LogP contribution in [0.1, 0.15) is 63.0 Å². The molecule has 41 heavy (non-hydrogen) atoms. The maximum atomic E-state index is 13.5. The number of aromatic nitrogens is 1. The van der Waals surface area contributed by atoms with Gasteiger partial charge in [-0.15, -0.1) is 11.3 Å². The number of benzene rings is 3. The first-order valence-electron chi connectivity index (χ1n) is 13.5. The van der Waals surface area contributed by atoms with Gasteiger partial charge in [-0.2, -0.15) is 13.2 Å². The van der Waals surface area contributed by atoms with Crippen molar-refractivity contribution in [3.8, 4) is 16.9 Å². The second-order valence-corrected chi connectivity index (χ2v) is 10.8. The van der Waals surface area contributed by atoms with Gasteiger partial charge in [-0.1, -0.05) is 48.5 Å². The SMILES string of the molecule is O=C(CCCOc1ccccc1)c1csc(C2CCN(C(=O)c3ccccc3-c3ccc(C(F)(F)F)cc3)CC2)n1. The number of para-hydroxylation sites is 1. The number of thiazole rings is 1. The zero-order valence-electron chi connectivity index (χ0n) is 22.3. The molecule has 1 amide bonds. The second kappa shape index (κ2) is 12.7. The van der Waals surface area contributed by atoms with Crippen molar-refractivity contribution in [2.75, 3.05) is 19.7 Å². The largest absolute Gasteiger partial charge is 0.494 e. The molecule has 1 aromatic heterocycles. The lowest BCUT2D eigenvalue weighted by Gasteiger charge is -2.31. The Kier molecular flexibility index (Phi) is 8.83. The summed E-state index contributed by atoms with van der Waals surface area (Å²) in [6.45, 7) is 1.52. The number of carbonyl (C=O) groups is 2. The topological polar surface area (TPSA) is 59.5 Å². The van der Waals surface area contributed by atoms with E-state index >= 15 is 0 Å². The predicted octanol–water partition coefficient (Wildman–Crippen LogP) is 7.89. The first kappa shape index (κ1) is 28.5. The van der Waals surface area contributed by atoms with E-state index in [9.17, 15) is 22.8 Å². The molecule has 0 radical (unpaired) electrons. The number of carbonyl (C=O) groups excluding carboxylic acids is 2. The van der Waals surface area contributed by atoms with Gasteiger partial charge in [0.15, 0.2) is 5.78 Å². The van der Waals surface area contributed by atoms with Gasteiger partial charge < -0.3 is 9.64 Å². The average molecular weight is 579 g/mol. The molecule has 0 spiro atoms. The van der Waals surface area contributed by atoms with Gasteiger partial charge in [0, 0.05) is 36.4 Å². The first-order chi connectivity index (χ1) is 19.8. The van der Waals surface area contributed by atoms with Crippen LogP contribution in [0.15, 0.2) is 84.2 Å². The number of halogens is 3. The van der Waals surface area contributed by atoms with Gasteiger partial charge in [0.2, 0.25) is 0 Å². The highest BCUT2D eigenvalue weighted by Crippen LogP contribution is 2.34. The molecule has 0 aliphatic carbocycles. The Morgan fingerprint density at radius 3 is 2.32 bits per heavy atom. The van der Waals surface area contributed by atoms with E-state index in [0.29, 0.717) is 54.9 Å². The molecule has 1 fully saturated rings. The van der Waals surface area contributed by atoms with Crippen LogP contribution in [0.4, 0.5) is 13.2 Å². The Bertz CT molecular complexity index is 1480. The zero-order valence-corrected chi connectivity index (χ0v) is 23.1. The van der Waals surface area contributed by atoms with Crippen LogP contribution >= 0.6 is 11.3 Å². The number of hydrogen-bond acceptors (Lipinski definition) is 5. The van der Waals surface area contributed by atoms with Gasteiger partial charge in [0.1, 0.15) is 11.4 Å². The zero-order chi connectivity index (χ0) is 28.8. The average Bonchev–Trinajstić information content (AvgIpc) is 3.50. The molecule has 4 aromatic rings. The van der Waals surface area contributed by atoms with E-state index in [1.807, 2.05) is 35.7 Å². The van der Waals surface area contributed by atoms with Crippen molar-refractivity contribution in [1.82, 2.24) is 9.88 Å². The number of Topliss-reactive ketones (excluding diaryl/α,β-unsaturated/α-hetero) is 1. The number of nitrogens with zero attached hydrogens (tertiary/aromatic N) is 2. The number of likely N-dealkylation sites (tertiary alicyclic amines) is 1. The molecule has 5 rings (SSSR count). The van der Waals surface area contributed by atoms with E-state index in [0.717, 1.165) is 35.7 Å². The standard InChI is InChI=1S/C32H29F3N2O3S/c33-32(34,35)24-14-12-22(13-15-24)26-9-4-5-10-27(26)31(39)37-18-16-23(17-19-37)30-36-28(21-41-30)29(38)11-6-20-40-25-7-2-1-3-8-25/h1-5,7-10,12-15,21,23H,6,11,16-20H2. The summed E-state index contributed by atoms with van der Waals surface area (Å²) in [5.41, 5.74) is 1.38. The second-order valence-electron chi connectivity index (χ2n) is 9.95. The van der Waals surface area contributed by atoms with Crippen molar-refractivity contribution >= 4 is 23.0 Å². The Balaban J connectivity index is 1.15. The number of rotatable bonds is 9. The Morgan fingerprint density at radius 2 is 1.61 bits per heavy atom. The number of piperidine rings is 1. The Hall–Kier alpha value is -3.98. The minimum atomic E-state index is -4.42. The normalized spacial score (nSPS) is 14.2. The molecule has 9 heteroatoms. The van der Waals surface area contributed by atoms with Crippen molar-refractivity contribution < 1.29 is 27.5 Å². The monoisotopic (exact) mass is 578 g/mol. The van der Waals surface area contributed by atoms with Gasteiger partial charge in [0.25, 0.3) is 5.91 Å². The van der Waals surface area contributed by atoms with Gasteiger partial charge in [-0.25, -0.2) is 4.98 Å². The molecule has 1 aliphatic rings. The van der Waals surface area contributed by atoms with E-state index in [1.165, 1.54) is 23.5 Å². The van der Waals surface area contributed by atoms with Crippen LogP contribution in [0.2, 0.25) is 0 Å². The molecule has 2 heterocycles. The van der Waals surface area contributed by atoms with Gasteiger partial charge in [-0.05, 0) is 60.7 Å². The molecular weight excluding hydrogens is 549 g/mol. The fraction of sp³-hybridized carbons (Fsp3) is 0.281. The maximum absolute atomic E-state index is 13.5. The van der Waals surface area contributed by atoms with E-state index in [1.54, 1.807) is 29.2 Å². The summed E-state index contributed by atoms with van der Waals surface area (Å²) in [6.07, 6.45) is -2.00. The minimum absolute atomic E-state index is 0.00310. The van der Waals surface area contributed by atoms with E-state index in [4.69, 9.17) is 4.74 Å². The quantitative estimate of drug-likeness (QED) is 0.150. The fourth-order valence-corrected chi connectivity index (χ4v) is 5.93. The third-order valence-electron chi connectivity index (χ3n) is 7.18. The molecule has 3 aromatic carbocycles. The number of ketones is 1. The van der Waals surface area contributed by atoms with Crippen molar-refractivity contribution in [3.63, 3.8) is 0 Å². The summed E-state index contributed by atoms with van der Waals surface area (Å²) >= 11 is 1.48. The van der Waals surface area contributed by atoms with Gasteiger partial charge in [-0.3, -0.25) is 9.59 Å². The smallest absolute Gasteiger partial charge is 0.416 e. The third kappa shape index (κ3) is 7.03. The molecule has 1 saturated heterocycles. The summed E-state index contributed by atoms with van der Waals surface area (Å²) in [6, 6.07) is 21.4. The lowest BCUT2D eigenvalue weighted by atomic mass is 9.94. The highest BCUT2D eigenvalue weighted by Gasteiger charge is 2.31. The fourth-order valence-electron chi connectivity index (χ4n) is 4.93. The summed E-state index contributed by atoms with van der Waals surface area (Å²) in [5, 5.41) is 2.72. The third-order valence-corrected chi connectivity index (χ3v) is 8.19. The highest BCUT2D eigenvalue weighted by atomic mass is 32.1. The molecule has 0 N–H and O–H groups in total. The van der Waals surface area contributed by atoms with Crippen molar-refractivity contribution in [2.24, 2.45) is 0 Å². The van der Waals surface area contributed by atoms with Gasteiger partial charge >= 0.3 is 6.18 Å². The molecule has 0 saturated carbocycles. The van der Waals surface area contributed by atoms with Crippen LogP contribution in [0.25, 0.3) is 11.1 Å². The molecule has 1 aliphatic heterocycles. The molecular formula is C32H29F3N2O3S. The van der Waals surface area contributed by atoms with Crippen LogP contribution in [0.3, 0.4) is 0 Å². The summed E-state index contributed by atoms with van der Waals surface area (Å²) in [5.74, 6) is 0.796. The summed E-state index contributed by atoms with van der Waals surface area (Å²) < 4.78 is 44.7. The predicted molar refractivity (Wildman–Crippen MR) is 152 cm³/mol. The lowest BCUT2D eigenvalue weighted by molar-refractivity contribution is -0.137. The maximum Gasteiger partial charge on any atom is 0.416 e. The highest BCUT2D eigenvalue weighted by molar-refractivity contribution is 7.09. The van der Waals surface area contributed by atoms with Crippen molar-refractivity contribution in [1.29, 1.82) is 0 Å². The molecule has 5 nitrogen and oxygen atoms in total. The van der Waals surface area contributed by atoms with Crippen LogP contribution in [0.5, 0.6) is 5.75 Å². The van der Waals surface area contributed by atoms with E-state index in [2.05, 4.69) is 4.98 Å². The van der Waals surface area contributed by atoms with E-state index < -0.39 is 11.7 Å². The number of ether oxygens (including phenoxy) is 1. The van der Waals surface area contributed by atoms with Crippen LogP contribution in [-0.4, -0.2) is 41.3 Å². The number of amides is 1. The number of alkyl halides is 3.